The summed E-state index contributed by atoms with van der Waals surface area (Å²) in [5, 5.41) is 2.93. The molecule has 1 aromatic carbocycles. The van der Waals surface area contributed by atoms with E-state index in [2.05, 4.69) is 21.2 Å². The SMILES string of the molecule is CCOc1cc(Br)ccc1NC(=O)C[C@@H]1CCC[C@H]1N. The maximum atomic E-state index is 12.1. The van der Waals surface area contributed by atoms with Gasteiger partial charge in [-0.05, 0) is 43.9 Å². The Morgan fingerprint density at radius 2 is 2.30 bits per heavy atom. The van der Waals surface area contributed by atoms with Gasteiger partial charge >= 0.3 is 0 Å². The molecule has 0 saturated heterocycles. The first-order valence-electron chi connectivity index (χ1n) is 7.08. The summed E-state index contributed by atoms with van der Waals surface area (Å²) in [4.78, 5) is 12.1. The molecule has 0 bridgehead atoms. The van der Waals surface area contributed by atoms with E-state index >= 15 is 0 Å². The van der Waals surface area contributed by atoms with E-state index in [1.54, 1.807) is 0 Å². The summed E-state index contributed by atoms with van der Waals surface area (Å²) in [5.41, 5.74) is 6.72. The smallest absolute Gasteiger partial charge is 0.224 e. The van der Waals surface area contributed by atoms with E-state index in [0.717, 1.165) is 23.7 Å². The fourth-order valence-electron chi connectivity index (χ4n) is 2.63. The van der Waals surface area contributed by atoms with Gasteiger partial charge in [0.1, 0.15) is 5.75 Å². The molecule has 0 unspecified atom stereocenters. The first-order valence-corrected chi connectivity index (χ1v) is 7.87. The Kier molecular flexibility index (Phi) is 5.43. The number of amides is 1. The molecular formula is C15H21BrN2O2. The topological polar surface area (TPSA) is 64.3 Å². The van der Waals surface area contributed by atoms with Crippen LogP contribution in [0.25, 0.3) is 0 Å². The number of nitrogens with one attached hydrogen (secondary N) is 1. The largest absolute Gasteiger partial charge is 0.492 e. The number of benzene rings is 1. The molecule has 1 amide bonds. The Hall–Kier alpha value is -1.07. The van der Waals surface area contributed by atoms with Gasteiger partial charge in [-0.25, -0.2) is 0 Å². The highest BCUT2D eigenvalue weighted by atomic mass is 79.9. The monoisotopic (exact) mass is 340 g/mol. The summed E-state index contributed by atoms with van der Waals surface area (Å²) in [6, 6.07) is 5.76. The molecule has 0 aromatic heterocycles. The first-order chi connectivity index (χ1) is 9.60. The van der Waals surface area contributed by atoms with Crippen LogP contribution in [0.1, 0.15) is 32.6 Å². The van der Waals surface area contributed by atoms with Crippen molar-refractivity contribution in [2.45, 2.75) is 38.6 Å². The molecule has 1 aliphatic rings. The van der Waals surface area contributed by atoms with Crippen LogP contribution in [0.3, 0.4) is 0 Å². The van der Waals surface area contributed by atoms with Crippen molar-refractivity contribution >= 4 is 27.5 Å². The third-order valence-electron chi connectivity index (χ3n) is 3.68. The quantitative estimate of drug-likeness (QED) is 0.864. The van der Waals surface area contributed by atoms with E-state index in [-0.39, 0.29) is 11.9 Å². The molecule has 110 valence electrons. The lowest BCUT2D eigenvalue weighted by molar-refractivity contribution is -0.117. The number of halogens is 1. The van der Waals surface area contributed by atoms with Gasteiger partial charge in [0, 0.05) is 16.9 Å². The fourth-order valence-corrected chi connectivity index (χ4v) is 2.97. The van der Waals surface area contributed by atoms with Crippen molar-refractivity contribution in [2.75, 3.05) is 11.9 Å². The molecule has 2 atom stereocenters. The summed E-state index contributed by atoms with van der Waals surface area (Å²) < 4.78 is 6.47. The third kappa shape index (κ3) is 3.96. The van der Waals surface area contributed by atoms with Crippen LogP contribution in [0.4, 0.5) is 5.69 Å². The van der Waals surface area contributed by atoms with Gasteiger partial charge in [0.2, 0.25) is 5.91 Å². The van der Waals surface area contributed by atoms with Crippen LogP contribution in [-0.2, 0) is 4.79 Å². The van der Waals surface area contributed by atoms with E-state index in [9.17, 15) is 4.79 Å². The summed E-state index contributed by atoms with van der Waals surface area (Å²) in [5.74, 6) is 1.00. The standard InChI is InChI=1S/C15H21BrN2O2/c1-2-20-14-9-11(16)6-7-13(14)18-15(19)8-10-4-3-5-12(10)17/h6-7,9-10,12H,2-5,8,17H2,1H3,(H,18,19)/t10-,12+/m0/s1. The number of carbonyl (C=O) groups is 1. The average Bonchev–Trinajstić information content (AvgIpc) is 2.79. The number of anilines is 1. The van der Waals surface area contributed by atoms with E-state index in [1.807, 2.05) is 25.1 Å². The summed E-state index contributed by atoms with van der Waals surface area (Å²) in [6.45, 7) is 2.48. The number of ether oxygens (including phenoxy) is 1. The van der Waals surface area contributed by atoms with Gasteiger partial charge in [-0.1, -0.05) is 22.4 Å². The van der Waals surface area contributed by atoms with Gasteiger partial charge in [0.25, 0.3) is 0 Å². The van der Waals surface area contributed by atoms with E-state index in [0.29, 0.717) is 30.4 Å². The zero-order valence-electron chi connectivity index (χ0n) is 11.7. The number of nitrogens with two attached hydrogens (primary N) is 1. The Labute approximate surface area is 128 Å². The molecule has 1 aromatic rings. The Morgan fingerprint density at radius 1 is 1.50 bits per heavy atom. The zero-order valence-corrected chi connectivity index (χ0v) is 13.3. The molecular weight excluding hydrogens is 320 g/mol. The lowest BCUT2D eigenvalue weighted by atomic mass is 10.00. The first kappa shape index (κ1) is 15.3. The van der Waals surface area contributed by atoms with Crippen LogP contribution in [0.15, 0.2) is 22.7 Å². The maximum Gasteiger partial charge on any atom is 0.224 e. The lowest BCUT2D eigenvalue weighted by Gasteiger charge is -2.16. The summed E-state index contributed by atoms with van der Waals surface area (Å²) in [7, 11) is 0. The van der Waals surface area contributed by atoms with Crippen LogP contribution >= 0.6 is 15.9 Å². The van der Waals surface area contributed by atoms with Crippen LogP contribution in [-0.4, -0.2) is 18.6 Å². The molecule has 3 N–H and O–H groups in total. The van der Waals surface area contributed by atoms with E-state index in [4.69, 9.17) is 10.5 Å². The van der Waals surface area contributed by atoms with Crippen molar-refractivity contribution in [3.05, 3.63) is 22.7 Å². The fraction of sp³-hybridized carbons (Fsp3) is 0.533. The number of hydrogen-bond donors (Lipinski definition) is 2. The number of hydrogen-bond acceptors (Lipinski definition) is 3. The Morgan fingerprint density at radius 3 is 2.95 bits per heavy atom. The normalized spacial score (nSPS) is 21.8. The molecule has 0 radical (unpaired) electrons. The zero-order chi connectivity index (χ0) is 14.5. The molecule has 20 heavy (non-hydrogen) atoms. The van der Waals surface area contributed by atoms with Gasteiger partial charge in [-0.15, -0.1) is 0 Å². The molecule has 0 aliphatic heterocycles. The molecule has 0 spiro atoms. The van der Waals surface area contributed by atoms with Crippen LogP contribution in [0.5, 0.6) is 5.75 Å². The van der Waals surface area contributed by atoms with Gasteiger partial charge < -0.3 is 15.8 Å². The predicted molar refractivity (Wildman–Crippen MR) is 83.9 cm³/mol. The second-order valence-corrected chi connectivity index (χ2v) is 6.10. The van der Waals surface area contributed by atoms with Gasteiger partial charge in [0.15, 0.2) is 0 Å². The number of carbonyl (C=O) groups excluding carboxylic acids is 1. The molecule has 5 heteroatoms. The van der Waals surface area contributed by atoms with Crippen molar-refractivity contribution < 1.29 is 9.53 Å². The van der Waals surface area contributed by atoms with Crippen LogP contribution in [0.2, 0.25) is 0 Å². The second kappa shape index (κ2) is 7.09. The Balaban J connectivity index is 2.00. The summed E-state index contributed by atoms with van der Waals surface area (Å²) in [6.07, 6.45) is 3.69. The highest BCUT2D eigenvalue weighted by Crippen LogP contribution is 2.30. The Bertz CT molecular complexity index is 479. The highest BCUT2D eigenvalue weighted by molar-refractivity contribution is 9.10. The maximum absolute atomic E-state index is 12.1. The van der Waals surface area contributed by atoms with Crippen molar-refractivity contribution in [2.24, 2.45) is 11.7 Å². The van der Waals surface area contributed by atoms with Crippen molar-refractivity contribution in [1.29, 1.82) is 0 Å². The molecule has 4 nitrogen and oxygen atoms in total. The lowest BCUT2D eigenvalue weighted by Crippen LogP contribution is -2.28. The minimum atomic E-state index is 0.00984. The molecule has 1 aliphatic carbocycles. The van der Waals surface area contributed by atoms with Crippen LogP contribution in [0, 0.1) is 5.92 Å². The van der Waals surface area contributed by atoms with E-state index < -0.39 is 0 Å². The van der Waals surface area contributed by atoms with Crippen LogP contribution < -0.4 is 15.8 Å². The minimum absolute atomic E-state index is 0.00984. The van der Waals surface area contributed by atoms with Crippen molar-refractivity contribution in [1.82, 2.24) is 0 Å². The van der Waals surface area contributed by atoms with Gasteiger partial charge in [-0.2, -0.15) is 0 Å². The van der Waals surface area contributed by atoms with Gasteiger partial charge in [0.05, 0.1) is 12.3 Å². The molecule has 1 saturated carbocycles. The van der Waals surface area contributed by atoms with Gasteiger partial charge in [-0.3, -0.25) is 4.79 Å². The van der Waals surface area contributed by atoms with Crippen molar-refractivity contribution in [3.8, 4) is 5.75 Å². The number of rotatable bonds is 5. The molecule has 1 fully saturated rings. The highest BCUT2D eigenvalue weighted by Gasteiger charge is 2.26. The second-order valence-electron chi connectivity index (χ2n) is 5.18. The average molecular weight is 341 g/mol. The molecule has 0 heterocycles. The predicted octanol–water partition coefficient (Wildman–Crippen LogP) is 3.30. The third-order valence-corrected chi connectivity index (χ3v) is 4.18. The van der Waals surface area contributed by atoms with E-state index in [1.165, 1.54) is 0 Å². The van der Waals surface area contributed by atoms with Crippen molar-refractivity contribution in [3.63, 3.8) is 0 Å². The minimum Gasteiger partial charge on any atom is -0.492 e. The summed E-state index contributed by atoms with van der Waals surface area (Å²) >= 11 is 3.40. The molecule has 2 rings (SSSR count).